The summed E-state index contributed by atoms with van der Waals surface area (Å²) in [5, 5.41) is 14.1. The second-order valence-corrected chi connectivity index (χ2v) is 12.3. The molecule has 2 amide bonds. The van der Waals surface area contributed by atoms with Gasteiger partial charge in [0, 0.05) is 26.6 Å². The van der Waals surface area contributed by atoms with Gasteiger partial charge in [-0.15, -0.1) is 11.3 Å². The van der Waals surface area contributed by atoms with E-state index in [0.717, 1.165) is 24.2 Å². The number of hydrogen-bond acceptors (Lipinski definition) is 7. The summed E-state index contributed by atoms with van der Waals surface area (Å²) in [6.45, 7) is 0. The van der Waals surface area contributed by atoms with Crippen molar-refractivity contribution in [2.75, 3.05) is 14.1 Å². The number of piperidine rings is 2. The van der Waals surface area contributed by atoms with Gasteiger partial charge in [-0.3, -0.25) is 4.79 Å². The molecule has 2 saturated heterocycles. The Bertz CT molecular complexity index is 1200. The molecular formula is C24H29N3O7S2. The molecule has 0 radical (unpaired) electrons. The highest BCUT2D eigenvalue weighted by Crippen LogP contribution is 2.43. The van der Waals surface area contributed by atoms with Crippen LogP contribution in [0.15, 0.2) is 46.0 Å². The Morgan fingerprint density at radius 3 is 2.36 bits per heavy atom. The number of carboxylic acid groups (broad SMARTS) is 1. The summed E-state index contributed by atoms with van der Waals surface area (Å²) >= 11 is 1.10. The zero-order valence-corrected chi connectivity index (χ0v) is 21.6. The first-order chi connectivity index (χ1) is 17.1. The summed E-state index contributed by atoms with van der Waals surface area (Å²) in [5.74, 6) is -1.67. The highest BCUT2D eigenvalue weighted by atomic mass is 32.2. The topological polar surface area (TPSA) is 133 Å². The lowest BCUT2D eigenvalue weighted by molar-refractivity contribution is -0.143. The van der Waals surface area contributed by atoms with Crippen LogP contribution >= 0.6 is 11.3 Å². The van der Waals surface area contributed by atoms with Crippen molar-refractivity contribution in [2.24, 2.45) is 5.92 Å². The average molecular weight is 536 g/mol. The van der Waals surface area contributed by atoms with E-state index < -0.39 is 40.1 Å². The predicted molar refractivity (Wildman–Crippen MR) is 132 cm³/mol. The van der Waals surface area contributed by atoms with Crippen molar-refractivity contribution in [3.63, 3.8) is 0 Å². The number of nitrogens with one attached hydrogen (secondary N) is 1. The molecule has 1 saturated carbocycles. The van der Waals surface area contributed by atoms with Gasteiger partial charge in [-0.25, -0.2) is 18.0 Å². The molecule has 2 atom stereocenters. The molecule has 3 aliphatic rings. The van der Waals surface area contributed by atoms with E-state index in [4.69, 9.17) is 4.74 Å². The first kappa shape index (κ1) is 26.1. The molecule has 2 aromatic rings. The van der Waals surface area contributed by atoms with Gasteiger partial charge in [0.2, 0.25) is 5.91 Å². The van der Waals surface area contributed by atoms with Crippen molar-refractivity contribution in [1.29, 1.82) is 0 Å². The largest absolute Gasteiger partial charge is 0.480 e. The smallest absolute Gasteiger partial charge is 0.414 e. The van der Waals surface area contributed by atoms with Gasteiger partial charge >= 0.3 is 12.1 Å². The minimum atomic E-state index is -3.88. The monoisotopic (exact) mass is 535 g/mol. The quantitative estimate of drug-likeness (QED) is 0.531. The molecule has 3 heterocycles. The minimum Gasteiger partial charge on any atom is -0.480 e. The maximum absolute atomic E-state index is 13.4. The molecule has 1 aromatic carbocycles. The lowest BCUT2D eigenvalue weighted by atomic mass is 9.76. The van der Waals surface area contributed by atoms with Gasteiger partial charge in [0.05, 0.1) is 0 Å². The maximum atomic E-state index is 13.4. The first-order valence-corrected chi connectivity index (χ1v) is 14.0. The number of benzene rings is 1. The van der Waals surface area contributed by atoms with E-state index in [-0.39, 0.29) is 22.6 Å². The fourth-order valence-electron chi connectivity index (χ4n) is 4.87. The Hall–Kier alpha value is -2.96. The van der Waals surface area contributed by atoms with Gasteiger partial charge in [-0.2, -0.15) is 4.31 Å². The number of thiophene rings is 1. The van der Waals surface area contributed by atoms with Gasteiger partial charge in [-0.1, -0.05) is 18.2 Å². The number of aliphatic carboxylic acids is 1. The van der Waals surface area contributed by atoms with Crippen molar-refractivity contribution in [3.8, 4) is 5.75 Å². The summed E-state index contributed by atoms with van der Waals surface area (Å²) in [6, 6.07) is 7.04. The summed E-state index contributed by atoms with van der Waals surface area (Å²) in [6.07, 6.45) is 2.27. The second-order valence-electron chi connectivity index (χ2n) is 9.29. The zero-order valence-electron chi connectivity index (χ0n) is 20.0. The van der Waals surface area contributed by atoms with Crippen LogP contribution in [-0.4, -0.2) is 72.9 Å². The van der Waals surface area contributed by atoms with Gasteiger partial charge in [0.25, 0.3) is 10.0 Å². The number of hydrogen-bond donors (Lipinski definition) is 2. The lowest BCUT2D eigenvalue weighted by Crippen LogP contribution is -2.63. The maximum Gasteiger partial charge on any atom is 0.414 e. The van der Waals surface area contributed by atoms with Crippen molar-refractivity contribution < 1.29 is 32.6 Å². The van der Waals surface area contributed by atoms with E-state index in [1.807, 2.05) is 0 Å². The molecule has 12 heteroatoms. The predicted octanol–water partition coefficient (Wildman–Crippen LogP) is 2.55. The normalized spacial score (nSPS) is 22.6. The number of nitrogens with zero attached hydrogens (tertiary/aromatic N) is 2. The molecule has 2 N–H and O–H groups in total. The van der Waals surface area contributed by atoms with Crippen LogP contribution in [0.25, 0.3) is 0 Å². The van der Waals surface area contributed by atoms with Gasteiger partial charge < -0.3 is 20.1 Å². The van der Waals surface area contributed by atoms with E-state index in [1.54, 1.807) is 49.8 Å². The van der Waals surface area contributed by atoms with E-state index in [1.165, 1.54) is 15.3 Å². The van der Waals surface area contributed by atoms with E-state index in [2.05, 4.69) is 5.32 Å². The van der Waals surface area contributed by atoms with E-state index in [9.17, 15) is 27.9 Å². The third-order valence-electron chi connectivity index (χ3n) is 6.67. The fourth-order valence-corrected chi connectivity index (χ4v) is 7.86. The molecular weight excluding hydrogens is 506 g/mol. The summed E-state index contributed by atoms with van der Waals surface area (Å²) in [5.41, 5.74) is 0.612. The Morgan fingerprint density at radius 1 is 1.14 bits per heavy atom. The Balaban J connectivity index is 1.50. The Kier molecular flexibility index (Phi) is 7.67. The number of ether oxygens (including phenoxy) is 1. The minimum absolute atomic E-state index is 0.0124. The molecule has 194 valence electrons. The van der Waals surface area contributed by atoms with Crippen LogP contribution in [-0.2, 0) is 26.0 Å². The van der Waals surface area contributed by atoms with Crippen LogP contribution in [0.1, 0.15) is 31.2 Å². The number of carbonyl (C=O) groups is 3. The summed E-state index contributed by atoms with van der Waals surface area (Å²) in [7, 11) is -0.766. The molecule has 2 bridgehead atoms. The molecule has 5 rings (SSSR count). The molecule has 3 fully saturated rings. The number of carbonyl (C=O) groups excluding carboxylic acids is 2. The molecule has 36 heavy (non-hydrogen) atoms. The SMILES string of the molecule is CN(C)C(=O)Oc1ccc(CC(NC(=O)C2C3CCC(CC3)N2S(=O)(=O)c2cccs2)C(=O)O)cc1. The summed E-state index contributed by atoms with van der Waals surface area (Å²) in [4.78, 5) is 38.4. The standard InChI is InChI=1S/C24H29N3O7S2/c1-26(2)24(31)34-18-11-5-15(6-12-18)14-19(23(29)30)25-22(28)21-16-7-9-17(10-8-16)27(21)36(32,33)20-4-3-13-35-20/h3-6,11-13,16-17,19,21H,7-10,14H2,1-2H3,(H,25,28)(H,29,30). The highest BCUT2D eigenvalue weighted by Gasteiger charge is 2.51. The number of fused-ring (bicyclic) bond motifs is 3. The first-order valence-electron chi connectivity index (χ1n) is 11.7. The van der Waals surface area contributed by atoms with Gasteiger partial charge in [0.15, 0.2) is 0 Å². The molecule has 2 aliphatic heterocycles. The molecule has 1 aliphatic carbocycles. The van der Waals surface area contributed by atoms with Crippen molar-refractivity contribution in [1.82, 2.24) is 14.5 Å². The number of carboxylic acids is 1. The average Bonchev–Trinajstić information content (AvgIpc) is 3.41. The Morgan fingerprint density at radius 2 is 1.81 bits per heavy atom. The second kappa shape index (κ2) is 10.6. The molecule has 10 nitrogen and oxygen atoms in total. The van der Waals surface area contributed by atoms with Crippen molar-refractivity contribution >= 4 is 39.3 Å². The number of sulfonamides is 1. The number of amides is 2. The lowest BCUT2D eigenvalue weighted by Gasteiger charge is -2.49. The van der Waals surface area contributed by atoms with Crippen LogP contribution in [0.5, 0.6) is 5.75 Å². The van der Waals surface area contributed by atoms with Crippen LogP contribution in [0.4, 0.5) is 4.79 Å². The number of rotatable bonds is 8. The van der Waals surface area contributed by atoms with E-state index >= 15 is 0 Å². The van der Waals surface area contributed by atoms with Crippen LogP contribution < -0.4 is 10.1 Å². The molecule has 0 spiro atoms. The molecule has 2 unspecified atom stereocenters. The Labute approximate surface area is 213 Å². The van der Waals surface area contributed by atoms with Crippen LogP contribution in [0.2, 0.25) is 0 Å². The van der Waals surface area contributed by atoms with Crippen LogP contribution in [0, 0.1) is 5.92 Å². The van der Waals surface area contributed by atoms with Crippen LogP contribution in [0.3, 0.4) is 0 Å². The van der Waals surface area contributed by atoms with Crippen molar-refractivity contribution in [3.05, 3.63) is 47.3 Å². The third kappa shape index (κ3) is 5.40. The molecule has 1 aromatic heterocycles. The van der Waals surface area contributed by atoms with Gasteiger partial charge in [-0.05, 0) is 60.7 Å². The summed E-state index contributed by atoms with van der Waals surface area (Å²) < 4.78 is 33.5. The third-order valence-corrected chi connectivity index (χ3v) is 9.97. The highest BCUT2D eigenvalue weighted by molar-refractivity contribution is 7.91. The fraction of sp³-hybridized carbons (Fsp3) is 0.458. The zero-order chi connectivity index (χ0) is 26.0. The van der Waals surface area contributed by atoms with Crippen molar-refractivity contribution in [2.45, 2.75) is 54.4 Å². The van der Waals surface area contributed by atoms with Gasteiger partial charge in [0.1, 0.15) is 22.0 Å². The van der Waals surface area contributed by atoms with E-state index in [0.29, 0.717) is 24.2 Å².